The number of hydrogen-bond donors (Lipinski definition) is 1. The molecule has 0 fully saturated rings. The summed E-state index contributed by atoms with van der Waals surface area (Å²) >= 11 is 0. The molecule has 4 rings (SSSR count). The fourth-order valence-corrected chi connectivity index (χ4v) is 2.97. The molecule has 2 heterocycles. The van der Waals surface area contributed by atoms with Gasteiger partial charge in [-0.15, -0.1) is 0 Å². The summed E-state index contributed by atoms with van der Waals surface area (Å²) in [4.78, 5) is 37.9. The maximum Gasteiger partial charge on any atom is 0.374 e. The highest BCUT2D eigenvalue weighted by atomic mass is 16.6. The van der Waals surface area contributed by atoms with Crippen LogP contribution in [0, 0.1) is 0 Å². The minimum Gasteiger partial charge on any atom is -0.486 e. The van der Waals surface area contributed by atoms with Crippen LogP contribution in [-0.2, 0) is 20.9 Å². The number of hydrogen-bond acceptors (Lipinski definition) is 6. The van der Waals surface area contributed by atoms with Gasteiger partial charge in [0, 0.05) is 0 Å². The Morgan fingerprint density at radius 1 is 1.00 bits per heavy atom. The molecule has 152 valence electrons. The van der Waals surface area contributed by atoms with E-state index >= 15 is 0 Å². The lowest BCUT2D eigenvalue weighted by Gasteiger charge is -2.28. The zero-order chi connectivity index (χ0) is 20.9. The number of nitrogens with zero attached hydrogens (tertiary/aromatic N) is 1. The number of benzene rings is 2. The largest absolute Gasteiger partial charge is 0.486 e. The summed E-state index contributed by atoms with van der Waals surface area (Å²) in [6.45, 7) is -0.512. The van der Waals surface area contributed by atoms with Crippen LogP contribution in [-0.4, -0.2) is 30.9 Å². The van der Waals surface area contributed by atoms with E-state index in [0.29, 0.717) is 22.9 Å². The van der Waals surface area contributed by atoms with E-state index in [-0.39, 0.29) is 24.8 Å². The van der Waals surface area contributed by atoms with Crippen molar-refractivity contribution in [1.29, 1.82) is 0 Å². The van der Waals surface area contributed by atoms with Crippen LogP contribution < -0.4 is 15.0 Å². The van der Waals surface area contributed by atoms with E-state index in [4.69, 9.17) is 13.9 Å². The van der Waals surface area contributed by atoms with E-state index in [9.17, 15) is 14.4 Å². The van der Waals surface area contributed by atoms with E-state index in [2.05, 4.69) is 5.32 Å². The first kappa shape index (κ1) is 19.3. The third-order valence-electron chi connectivity index (χ3n) is 4.39. The van der Waals surface area contributed by atoms with Crippen molar-refractivity contribution >= 4 is 29.2 Å². The van der Waals surface area contributed by atoms with E-state index < -0.39 is 18.5 Å². The van der Waals surface area contributed by atoms with Gasteiger partial charge in [-0.3, -0.25) is 14.5 Å². The number of ether oxygens (including phenoxy) is 2. The van der Waals surface area contributed by atoms with Crippen molar-refractivity contribution in [2.45, 2.75) is 6.61 Å². The molecule has 2 aromatic carbocycles. The maximum atomic E-state index is 12.5. The molecular weight excluding hydrogens is 388 g/mol. The number of amides is 2. The van der Waals surface area contributed by atoms with E-state index in [1.807, 2.05) is 30.3 Å². The maximum absolute atomic E-state index is 12.5. The minimum absolute atomic E-state index is 0.0359. The van der Waals surface area contributed by atoms with Crippen molar-refractivity contribution in [2.75, 3.05) is 23.4 Å². The topological polar surface area (TPSA) is 98.1 Å². The fraction of sp³-hybridized carbons (Fsp3) is 0.136. The second-order valence-electron chi connectivity index (χ2n) is 6.49. The molecule has 0 unspecified atom stereocenters. The number of rotatable bonds is 6. The Bertz CT molecular complexity index is 1080. The Morgan fingerprint density at radius 2 is 1.77 bits per heavy atom. The second-order valence-corrected chi connectivity index (χ2v) is 6.49. The van der Waals surface area contributed by atoms with Crippen molar-refractivity contribution in [3.05, 3.63) is 78.3 Å². The molecule has 0 radical (unpaired) electrons. The van der Waals surface area contributed by atoms with Gasteiger partial charge in [0.05, 0.1) is 11.4 Å². The molecule has 2 amide bonds. The van der Waals surface area contributed by atoms with Crippen molar-refractivity contribution in [3.63, 3.8) is 0 Å². The van der Waals surface area contributed by atoms with Crippen LogP contribution in [0.3, 0.4) is 0 Å². The fourth-order valence-electron chi connectivity index (χ4n) is 2.97. The first-order valence-corrected chi connectivity index (χ1v) is 9.23. The Morgan fingerprint density at radius 3 is 2.60 bits per heavy atom. The SMILES string of the molecule is O=C1CN(C(=O)COC(=O)c2ccc(COc3ccccc3)o2)c2ccccc2N1. The first-order valence-electron chi connectivity index (χ1n) is 9.23. The summed E-state index contributed by atoms with van der Waals surface area (Å²) in [6, 6.07) is 19.2. The van der Waals surface area contributed by atoms with Crippen LogP contribution in [0.1, 0.15) is 16.3 Å². The molecule has 1 aliphatic rings. The molecule has 1 aliphatic heterocycles. The lowest BCUT2D eigenvalue weighted by atomic mass is 10.2. The molecule has 0 bridgehead atoms. The summed E-state index contributed by atoms with van der Waals surface area (Å²) < 4.78 is 16.1. The third kappa shape index (κ3) is 4.33. The predicted octanol–water partition coefficient (Wildman–Crippen LogP) is 3.00. The van der Waals surface area contributed by atoms with Gasteiger partial charge in [0.15, 0.2) is 6.61 Å². The van der Waals surface area contributed by atoms with Gasteiger partial charge in [-0.1, -0.05) is 30.3 Å². The normalized spacial score (nSPS) is 12.7. The number of nitrogens with one attached hydrogen (secondary N) is 1. The number of carbonyl (C=O) groups excluding carboxylic acids is 3. The van der Waals surface area contributed by atoms with Crippen molar-refractivity contribution in [1.82, 2.24) is 0 Å². The zero-order valence-corrected chi connectivity index (χ0v) is 15.9. The van der Waals surface area contributed by atoms with Crippen LogP contribution in [0.5, 0.6) is 5.75 Å². The third-order valence-corrected chi connectivity index (χ3v) is 4.39. The van der Waals surface area contributed by atoms with Crippen molar-refractivity contribution in [2.24, 2.45) is 0 Å². The van der Waals surface area contributed by atoms with Gasteiger partial charge < -0.3 is 19.2 Å². The van der Waals surface area contributed by atoms with Crippen LogP contribution in [0.15, 0.2) is 71.1 Å². The van der Waals surface area contributed by atoms with Gasteiger partial charge in [-0.2, -0.15) is 0 Å². The summed E-state index contributed by atoms with van der Waals surface area (Å²) in [5.74, 6) is -0.518. The highest BCUT2D eigenvalue weighted by Gasteiger charge is 2.27. The highest BCUT2D eigenvalue weighted by Crippen LogP contribution is 2.28. The average molecular weight is 406 g/mol. The Labute approximate surface area is 172 Å². The van der Waals surface area contributed by atoms with Gasteiger partial charge in [-0.05, 0) is 36.4 Å². The Balaban J connectivity index is 1.33. The summed E-state index contributed by atoms with van der Waals surface area (Å²) in [6.07, 6.45) is 0. The van der Waals surface area contributed by atoms with E-state index in [1.165, 1.54) is 11.0 Å². The molecule has 0 saturated heterocycles. The molecule has 3 aromatic rings. The second kappa shape index (κ2) is 8.52. The van der Waals surface area contributed by atoms with Gasteiger partial charge in [0.2, 0.25) is 11.7 Å². The molecule has 0 atom stereocenters. The van der Waals surface area contributed by atoms with Crippen LogP contribution >= 0.6 is 0 Å². The quantitative estimate of drug-likeness (QED) is 0.632. The molecule has 0 spiro atoms. The summed E-state index contributed by atoms with van der Waals surface area (Å²) in [5.41, 5.74) is 1.08. The first-order chi connectivity index (χ1) is 14.6. The van der Waals surface area contributed by atoms with Gasteiger partial charge in [0.25, 0.3) is 5.91 Å². The number of anilines is 2. The molecule has 0 saturated carbocycles. The van der Waals surface area contributed by atoms with Crippen molar-refractivity contribution < 1.29 is 28.3 Å². The average Bonchev–Trinajstić information content (AvgIpc) is 3.25. The number of carbonyl (C=O) groups is 3. The molecule has 30 heavy (non-hydrogen) atoms. The number of furan rings is 1. The van der Waals surface area contributed by atoms with Gasteiger partial charge >= 0.3 is 5.97 Å². The zero-order valence-electron chi connectivity index (χ0n) is 15.9. The van der Waals surface area contributed by atoms with Gasteiger partial charge in [-0.25, -0.2) is 4.79 Å². The Kier molecular flexibility index (Phi) is 5.47. The monoisotopic (exact) mass is 406 g/mol. The number of esters is 1. The molecule has 1 N–H and O–H groups in total. The molecule has 8 heteroatoms. The summed E-state index contributed by atoms with van der Waals surface area (Å²) in [5, 5.41) is 2.69. The smallest absolute Gasteiger partial charge is 0.374 e. The lowest BCUT2D eigenvalue weighted by Crippen LogP contribution is -2.44. The number of fused-ring (bicyclic) bond motifs is 1. The van der Waals surface area contributed by atoms with Crippen molar-refractivity contribution in [3.8, 4) is 5.75 Å². The molecule has 1 aromatic heterocycles. The molecule has 0 aliphatic carbocycles. The van der Waals surface area contributed by atoms with Crippen LogP contribution in [0.25, 0.3) is 0 Å². The summed E-state index contributed by atoms with van der Waals surface area (Å²) in [7, 11) is 0. The van der Waals surface area contributed by atoms with Crippen LogP contribution in [0.4, 0.5) is 11.4 Å². The van der Waals surface area contributed by atoms with E-state index in [1.54, 1.807) is 30.3 Å². The molecule has 8 nitrogen and oxygen atoms in total. The molecular formula is C22H18N2O6. The highest BCUT2D eigenvalue weighted by molar-refractivity contribution is 6.10. The predicted molar refractivity (Wildman–Crippen MR) is 107 cm³/mol. The van der Waals surface area contributed by atoms with Gasteiger partial charge in [0.1, 0.15) is 24.7 Å². The minimum atomic E-state index is -0.774. The number of para-hydroxylation sites is 3. The van der Waals surface area contributed by atoms with E-state index in [0.717, 1.165) is 0 Å². The lowest BCUT2D eigenvalue weighted by molar-refractivity contribution is -0.124. The Hall–Kier alpha value is -4.07. The standard InChI is InChI=1S/C22H18N2O6/c25-20-12-24(18-9-5-4-8-17(18)23-20)21(26)14-29-22(27)19-11-10-16(30-19)13-28-15-6-2-1-3-7-15/h1-11H,12-14H2,(H,23,25). The van der Waals surface area contributed by atoms with Crippen LogP contribution in [0.2, 0.25) is 0 Å².